The number of benzene rings is 1. The van der Waals surface area contributed by atoms with Crippen molar-refractivity contribution < 1.29 is 4.79 Å². The molecule has 3 heteroatoms. The normalized spacial score (nSPS) is 13.8. The highest BCUT2D eigenvalue weighted by Gasteiger charge is 2.17. The number of amides is 1. The number of carbonyl (C=O) groups is 1. The Morgan fingerprint density at radius 1 is 1.25 bits per heavy atom. The van der Waals surface area contributed by atoms with Gasteiger partial charge in [-0.25, -0.2) is 0 Å². The van der Waals surface area contributed by atoms with E-state index in [-0.39, 0.29) is 17.9 Å². The molecule has 2 unspecified atom stereocenters. The second-order valence-corrected chi connectivity index (χ2v) is 5.93. The molecule has 0 saturated heterocycles. The van der Waals surface area contributed by atoms with Gasteiger partial charge in [0.05, 0.1) is 0 Å². The SMILES string of the molecule is Cc1ccccc1CN(C)C(=O)C(C)CCCC(C)N. The van der Waals surface area contributed by atoms with Crippen molar-refractivity contribution in [2.75, 3.05) is 7.05 Å². The summed E-state index contributed by atoms with van der Waals surface area (Å²) >= 11 is 0. The first-order valence-electron chi connectivity index (χ1n) is 7.47. The lowest BCUT2D eigenvalue weighted by molar-refractivity contribution is -0.134. The summed E-state index contributed by atoms with van der Waals surface area (Å²) in [6.45, 7) is 6.79. The zero-order valence-electron chi connectivity index (χ0n) is 13.2. The van der Waals surface area contributed by atoms with Crippen molar-refractivity contribution >= 4 is 5.91 Å². The average molecular weight is 276 g/mol. The van der Waals surface area contributed by atoms with E-state index in [9.17, 15) is 4.79 Å². The first kappa shape index (κ1) is 16.7. The molecule has 2 atom stereocenters. The number of nitrogens with zero attached hydrogens (tertiary/aromatic N) is 1. The Balaban J connectivity index is 2.48. The molecule has 0 aromatic heterocycles. The Kier molecular flexibility index (Phi) is 6.73. The Bertz CT molecular complexity index is 429. The van der Waals surface area contributed by atoms with Gasteiger partial charge in [0.2, 0.25) is 5.91 Å². The molecule has 1 amide bonds. The lowest BCUT2D eigenvalue weighted by Crippen LogP contribution is -2.31. The van der Waals surface area contributed by atoms with E-state index >= 15 is 0 Å². The maximum absolute atomic E-state index is 12.3. The topological polar surface area (TPSA) is 46.3 Å². The number of aryl methyl sites for hydroxylation is 1. The number of hydrogen-bond donors (Lipinski definition) is 1. The third kappa shape index (κ3) is 5.33. The third-order valence-electron chi connectivity index (χ3n) is 3.76. The van der Waals surface area contributed by atoms with Crippen molar-refractivity contribution in [3.63, 3.8) is 0 Å². The molecule has 0 heterocycles. The molecule has 1 aromatic carbocycles. The fourth-order valence-corrected chi connectivity index (χ4v) is 2.37. The maximum atomic E-state index is 12.3. The molecule has 0 saturated carbocycles. The van der Waals surface area contributed by atoms with Crippen LogP contribution in [-0.2, 0) is 11.3 Å². The van der Waals surface area contributed by atoms with Gasteiger partial charge < -0.3 is 10.6 Å². The van der Waals surface area contributed by atoms with Crippen molar-refractivity contribution in [1.29, 1.82) is 0 Å². The van der Waals surface area contributed by atoms with Crippen LogP contribution in [0.5, 0.6) is 0 Å². The van der Waals surface area contributed by atoms with Crippen LogP contribution in [0.1, 0.15) is 44.2 Å². The highest BCUT2D eigenvalue weighted by Crippen LogP contribution is 2.15. The Morgan fingerprint density at radius 2 is 1.90 bits per heavy atom. The van der Waals surface area contributed by atoms with E-state index in [0.717, 1.165) is 19.3 Å². The Hall–Kier alpha value is -1.35. The minimum Gasteiger partial charge on any atom is -0.341 e. The van der Waals surface area contributed by atoms with E-state index in [0.29, 0.717) is 6.54 Å². The van der Waals surface area contributed by atoms with E-state index in [1.54, 1.807) is 0 Å². The molecule has 0 bridgehead atoms. The van der Waals surface area contributed by atoms with Gasteiger partial charge in [-0.2, -0.15) is 0 Å². The maximum Gasteiger partial charge on any atom is 0.225 e. The fourth-order valence-electron chi connectivity index (χ4n) is 2.37. The fraction of sp³-hybridized carbons (Fsp3) is 0.588. The number of nitrogens with two attached hydrogens (primary N) is 1. The second kappa shape index (κ2) is 8.05. The van der Waals surface area contributed by atoms with Crippen LogP contribution in [0.15, 0.2) is 24.3 Å². The quantitative estimate of drug-likeness (QED) is 0.831. The first-order chi connectivity index (χ1) is 9.41. The zero-order valence-corrected chi connectivity index (χ0v) is 13.2. The summed E-state index contributed by atoms with van der Waals surface area (Å²) in [7, 11) is 1.89. The van der Waals surface area contributed by atoms with Gasteiger partial charge in [-0.1, -0.05) is 37.6 Å². The largest absolute Gasteiger partial charge is 0.341 e. The van der Waals surface area contributed by atoms with Gasteiger partial charge in [0.15, 0.2) is 0 Å². The van der Waals surface area contributed by atoms with E-state index < -0.39 is 0 Å². The van der Waals surface area contributed by atoms with E-state index in [1.807, 2.05) is 37.9 Å². The molecule has 2 N–H and O–H groups in total. The summed E-state index contributed by atoms with van der Waals surface area (Å²) in [5.74, 6) is 0.292. The molecule has 1 rings (SSSR count). The van der Waals surface area contributed by atoms with Gasteiger partial charge in [0.25, 0.3) is 0 Å². The van der Waals surface area contributed by atoms with Crippen LogP contribution in [0.25, 0.3) is 0 Å². The van der Waals surface area contributed by atoms with Crippen LogP contribution in [-0.4, -0.2) is 23.9 Å². The van der Waals surface area contributed by atoms with Crippen LogP contribution in [0, 0.1) is 12.8 Å². The van der Waals surface area contributed by atoms with Crippen molar-refractivity contribution in [2.45, 2.75) is 52.6 Å². The third-order valence-corrected chi connectivity index (χ3v) is 3.76. The first-order valence-corrected chi connectivity index (χ1v) is 7.47. The summed E-state index contributed by atoms with van der Waals surface area (Å²) in [6, 6.07) is 8.44. The molecule has 0 radical (unpaired) electrons. The molecule has 0 aliphatic rings. The summed E-state index contributed by atoms with van der Waals surface area (Å²) < 4.78 is 0. The molecule has 1 aromatic rings. The molecule has 0 aliphatic carbocycles. The van der Waals surface area contributed by atoms with E-state index in [2.05, 4.69) is 19.1 Å². The molecular weight excluding hydrogens is 248 g/mol. The van der Waals surface area contributed by atoms with Crippen molar-refractivity contribution in [3.8, 4) is 0 Å². The molecule has 3 nitrogen and oxygen atoms in total. The van der Waals surface area contributed by atoms with Gasteiger partial charge in [-0.05, 0) is 37.8 Å². The molecule has 0 fully saturated rings. The molecule has 20 heavy (non-hydrogen) atoms. The zero-order chi connectivity index (χ0) is 15.1. The van der Waals surface area contributed by atoms with Crippen LogP contribution in [0.3, 0.4) is 0 Å². The van der Waals surface area contributed by atoms with E-state index in [4.69, 9.17) is 5.73 Å². The van der Waals surface area contributed by atoms with Crippen LogP contribution in [0.4, 0.5) is 0 Å². The highest BCUT2D eigenvalue weighted by molar-refractivity contribution is 5.78. The van der Waals surface area contributed by atoms with Crippen molar-refractivity contribution in [2.24, 2.45) is 11.7 Å². The van der Waals surface area contributed by atoms with Crippen LogP contribution < -0.4 is 5.73 Å². The summed E-state index contributed by atoms with van der Waals surface area (Å²) in [5, 5.41) is 0. The lowest BCUT2D eigenvalue weighted by atomic mass is 10.0. The summed E-state index contributed by atoms with van der Waals surface area (Å²) in [5.41, 5.74) is 8.19. The molecule has 0 spiro atoms. The average Bonchev–Trinajstić information content (AvgIpc) is 2.39. The van der Waals surface area contributed by atoms with Gasteiger partial charge in [0, 0.05) is 25.6 Å². The van der Waals surface area contributed by atoms with Crippen LogP contribution >= 0.6 is 0 Å². The Labute approximate surface area is 123 Å². The van der Waals surface area contributed by atoms with Gasteiger partial charge in [-0.15, -0.1) is 0 Å². The minimum atomic E-state index is 0.0720. The van der Waals surface area contributed by atoms with E-state index in [1.165, 1.54) is 11.1 Å². The van der Waals surface area contributed by atoms with Gasteiger partial charge in [0.1, 0.15) is 0 Å². The molecule has 0 aliphatic heterocycles. The standard InChI is InChI=1S/C17H28N2O/c1-13-8-5-6-11-16(13)12-19(4)17(20)14(2)9-7-10-15(3)18/h5-6,8,11,14-15H,7,9-10,12,18H2,1-4H3. The monoisotopic (exact) mass is 276 g/mol. The minimum absolute atomic E-state index is 0.0720. The van der Waals surface area contributed by atoms with Gasteiger partial charge in [-0.3, -0.25) is 4.79 Å². The number of carbonyl (C=O) groups excluding carboxylic acids is 1. The predicted octanol–water partition coefficient (Wildman–Crippen LogP) is 3.11. The second-order valence-electron chi connectivity index (χ2n) is 5.93. The van der Waals surface area contributed by atoms with Crippen molar-refractivity contribution in [3.05, 3.63) is 35.4 Å². The number of rotatable bonds is 7. The molecular formula is C17H28N2O. The van der Waals surface area contributed by atoms with Crippen molar-refractivity contribution in [1.82, 2.24) is 4.90 Å². The summed E-state index contributed by atoms with van der Waals surface area (Å²) in [6.07, 6.45) is 2.92. The highest BCUT2D eigenvalue weighted by atomic mass is 16.2. The predicted molar refractivity (Wildman–Crippen MR) is 84.3 cm³/mol. The summed E-state index contributed by atoms with van der Waals surface area (Å²) in [4.78, 5) is 14.2. The lowest BCUT2D eigenvalue weighted by Gasteiger charge is -2.22. The molecule has 112 valence electrons. The van der Waals surface area contributed by atoms with Crippen LogP contribution in [0.2, 0.25) is 0 Å². The number of hydrogen-bond acceptors (Lipinski definition) is 2. The van der Waals surface area contributed by atoms with Gasteiger partial charge >= 0.3 is 0 Å². The Morgan fingerprint density at radius 3 is 2.50 bits per heavy atom. The smallest absolute Gasteiger partial charge is 0.225 e.